The normalized spacial score (nSPS) is 10.7. The molecule has 0 saturated carbocycles. The third-order valence-corrected chi connectivity index (χ3v) is 3.08. The van der Waals surface area contributed by atoms with Crippen molar-refractivity contribution in [3.63, 3.8) is 0 Å². The number of phenolic OH excluding ortho intramolecular Hbond substituents is 1. The van der Waals surface area contributed by atoms with Crippen LogP contribution in [-0.2, 0) is 6.42 Å². The molecule has 2 aromatic carbocycles. The molecule has 0 atom stereocenters. The molecule has 0 fully saturated rings. The Balaban J connectivity index is 1.93. The maximum Gasteiger partial charge on any atom is 0.222 e. The smallest absolute Gasteiger partial charge is 0.222 e. The molecule has 0 unspecified atom stereocenters. The van der Waals surface area contributed by atoms with Gasteiger partial charge in [0.25, 0.3) is 0 Å². The van der Waals surface area contributed by atoms with E-state index in [0.29, 0.717) is 11.6 Å². The maximum absolute atomic E-state index is 9.52. The summed E-state index contributed by atoms with van der Waals surface area (Å²) < 4.78 is 5.74. The highest BCUT2D eigenvalue weighted by Crippen LogP contribution is 2.27. The molecule has 0 aliphatic heterocycles. The summed E-state index contributed by atoms with van der Waals surface area (Å²) in [5, 5.41) is 11.5. The number of phenols is 1. The van der Waals surface area contributed by atoms with Gasteiger partial charge in [-0.15, -0.1) is 0 Å². The topological polar surface area (TPSA) is 55.2 Å². The minimum absolute atomic E-state index is 0.241. The SMILES string of the molecule is CCc1cc(Oc2ccc3ccc(O)cc3c2)ncn1. The molecular weight excluding hydrogens is 252 g/mol. The molecule has 1 aromatic heterocycles. The Morgan fingerprint density at radius 3 is 2.70 bits per heavy atom. The number of aromatic nitrogens is 2. The second-order valence-electron chi connectivity index (χ2n) is 4.50. The zero-order valence-electron chi connectivity index (χ0n) is 11.1. The standard InChI is InChI=1S/C16H14N2O2/c1-2-13-9-16(18-10-17-13)20-15-6-4-11-3-5-14(19)7-12(11)8-15/h3-10,19H,2H2,1H3. The van der Waals surface area contributed by atoms with Gasteiger partial charge in [0, 0.05) is 11.8 Å². The molecule has 0 amide bonds. The van der Waals surface area contributed by atoms with Crippen molar-refractivity contribution in [2.24, 2.45) is 0 Å². The molecule has 0 bridgehead atoms. The Hall–Kier alpha value is -2.62. The quantitative estimate of drug-likeness (QED) is 0.785. The van der Waals surface area contributed by atoms with Crippen molar-refractivity contribution in [1.82, 2.24) is 9.97 Å². The van der Waals surface area contributed by atoms with Crippen molar-refractivity contribution in [2.45, 2.75) is 13.3 Å². The van der Waals surface area contributed by atoms with E-state index in [0.717, 1.165) is 22.9 Å². The van der Waals surface area contributed by atoms with Crippen LogP contribution in [0, 0.1) is 0 Å². The van der Waals surface area contributed by atoms with E-state index in [9.17, 15) is 5.11 Å². The van der Waals surface area contributed by atoms with Crippen molar-refractivity contribution in [3.8, 4) is 17.4 Å². The summed E-state index contributed by atoms with van der Waals surface area (Å²) in [5.74, 6) is 1.45. The summed E-state index contributed by atoms with van der Waals surface area (Å²) in [6, 6.07) is 12.8. The summed E-state index contributed by atoms with van der Waals surface area (Å²) in [6.07, 6.45) is 2.34. The van der Waals surface area contributed by atoms with Gasteiger partial charge in [-0.1, -0.05) is 19.1 Å². The molecule has 20 heavy (non-hydrogen) atoms. The summed E-state index contributed by atoms with van der Waals surface area (Å²) >= 11 is 0. The highest BCUT2D eigenvalue weighted by Gasteiger charge is 2.03. The molecule has 0 spiro atoms. The Labute approximate surface area is 116 Å². The van der Waals surface area contributed by atoms with Crippen LogP contribution in [0.4, 0.5) is 0 Å². The highest BCUT2D eigenvalue weighted by molar-refractivity contribution is 5.85. The second-order valence-corrected chi connectivity index (χ2v) is 4.50. The minimum Gasteiger partial charge on any atom is -0.508 e. The van der Waals surface area contributed by atoms with Gasteiger partial charge >= 0.3 is 0 Å². The Kier molecular flexibility index (Phi) is 3.21. The van der Waals surface area contributed by atoms with Crippen molar-refractivity contribution < 1.29 is 9.84 Å². The van der Waals surface area contributed by atoms with Crippen molar-refractivity contribution >= 4 is 10.8 Å². The third kappa shape index (κ3) is 2.54. The Bertz CT molecular complexity index is 756. The average molecular weight is 266 g/mol. The minimum atomic E-state index is 0.241. The maximum atomic E-state index is 9.52. The number of aromatic hydroxyl groups is 1. The van der Waals surface area contributed by atoms with Gasteiger partial charge in [-0.2, -0.15) is 0 Å². The average Bonchev–Trinajstić information content (AvgIpc) is 2.47. The van der Waals surface area contributed by atoms with Gasteiger partial charge in [0.15, 0.2) is 0 Å². The van der Waals surface area contributed by atoms with Crippen LogP contribution in [0.15, 0.2) is 48.8 Å². The van der Waals surface area contributed by atoms with Crippen molar-refractivity contribution in [1.29, 1.82) is 0 Å². The fourth-order valence-electron chi connectivity index (χ4n) is 2.02. The zero-order chi connectivity index (χ0) is 13.9. The molecule has 1 N–H and O–H groups in total. The van der Waals surface area contributed by atoms with Crippen molar-refractivity contribution in [2.75, 3.05) is 0 Å². The van der Waals surface area contributed by atoms with Gasteiger partial charge in [0.1, 0.15) is 17.8 Å². The van der Waals surface area contributed by atoms with Crippen LogP contribution in [0.1, 0.15) is 12.6 Å². The lowest BCUT2D eigenvalue weighted by atomic mass is 10.1. The monoisotopic (exact) mass is 266 g/mol. The number of benzene rings is 2. The van der Waals surface area contributed by atoms with Gasteiger partial charge in [-0.25, -0.2) is 9.97 Å². The summed E-state index contributed by atoms with van der Waals surface area (Å²) in [6.45, 7) is 2.03. The van der Waals surface area contributed by atoms with E-state index in [1.165, 1.54) is 6.33 Å². The van der Waals surface area contributed by atoms with Gasteiger partial charge in [0.2, 0.25) is 5.88 Å². The van der Waals surface area contributed by atoms with E-state index in [2.05, 4.69) is 9.97 Å². The van der Waals surface area contributed by atoms with Crippen LogP contribution in [0.25, 0.3) is 10.8 Å². The summed E-state index contributed by atoms with van der Waals surface area (Å²) in [7, 11) is 0. The van der Waals surface area contributed by atoms with Crippen LogP contribution in [-0.4, -0.2) is 15.1 Å². The molecule has 0 aliphatic carbocycles. The molecule has 4 heteroatoms. The molecular formula is C16H14N2O2. The van der Waals surface area contributed by atoms with Crippen molar-refractivity contribution in [3.05, 3.63) is 54.5 Å². The number of nitrogens with zero attached hydrogens (tertiary/aromatic N) is 2. The number of fused-ring (bicyclic) bond motifs is 1. The summed E-state index contributed by atoms with van der Waals surface area (Å²) in [4.78, 5) is 8.23. The largest absolute Gasteiger partial charge is 0.508 e. The second kappa shape index (κ2) is 5.17. The van der Waals surface area contributed by atoms with E-state index in [4.69, 9.17) is 4.74 Å². The van der Waals surface area contributed by atoms with Crippen LogP contribution in [0.3, 0.4) is 0 Å². The van der Waals surface area contributed by atoms with Crippen LogP contribution < -0.4 is 4.74 Å². The molecule has 3 aromatic rings. The van der Waals surface area contributed by atoms with Gasteiger partial charge in [-0.05, 0) is 41.5 Å². The lowest BCUT2D eigenvalue weighted by molar-refractivity contribution is 0.461. The fraction of sp³-hybridized carbons (Fsp3) is 0.125. The molecule has 100 valence electrons. The zero-order valence-corrected chi connectivity index (χ0v) is 11.1. The lowest BCUT2D eigenvalue weighted by Gasteiger charge is -2.07. The summed E-state index contributed by atoms with van der Waals surface area (Å²) in [5.41, 5.74) is 0.938. The van der Waals surface area contributed by atoms with Crippen LogP contribution >= 0.6 is 0 Å². The lowest BCUT2D eigenvalue weighted by Crippen LogP contribution is -1.92. The van der Waals surface area contributed by atoms with Gasteiger partial charge in [0.05, 0.1) is 0 Å². The highest BCUT2D eigenvalue weighted by atomic mass is 16.5. The molecule has 3 rings (SSSR count). The molecule has 0 radical (unpaired) electrons. The molecule has 0 aliphatic rings. The van der Waals surface area contributed by atoms with Gasteiger partial charge < -0.3 is 9.84 Å². The fourth-order valence-corrected chi connectivity index (χ4v) is 2.02. The third-order valence-electron chi connectivity index (χ3n) is 3.08. The Morgan fingerprint density at radius 1 is 1.00 bits per heavy atom. The van der Waals surface area contributed by atoms with E-state index < -0.39 is 0 Å². The number of ether oxygens (including phenoxy) is 1. The number of rotatable bonds is 3. The Morgan fingerprint density at radius 2 is 1.85 bits per heavy atom. The number of aryl methyl sites for hydroxylation is 1. The predicted molar refractivity (Wildman–Crippen MR) is 77.1 cm³/mol. The van der Waals surface area contributed by atoms with Crippen LogP contribution in [0.2, 0.25) is 0 Å². The van der Waals surface area contributed by atoms with E-state index >= 15 is 0 Å². The predicted octanol–water partition coefficient (Wildman–Crippen LogP) is 3.69. The van der Waals surface area contributed by atoms with E-state index in [-0.39, 0.29) is 5.75 Å². The number of hydrogen-bond donors (Lipinski definition) is 1. The van der Waals surface area contributed by atoms with E-state index in [1.54, 1.807) is 12.1 Å². The number of hydrogen-bond acceptors (Lipinski definition) is 4. The van der Waals surface area contributed by atoms with Gasteiger partial charge in [-0.3, -0.25) is 0 Å². The van der Waals surface area contributed by atoms with Crippen LogP contribution in [0.5, 0.6) is 17.4 Å². The molecule has 0 saturated heterocycles. The first-order valence-corrected chi connectivity index (χ1v) is 6.46. The first-order chi connectivity index (χ1) is 9.74. The molecule has 1 heterocycles. The molecule has 4 nitrogen and oxygen atoms in total. The van der Waals surface area contributed by atoms with E-state index in [1.807, 2.05) is 37.3 Å². The first kappa shape index (κ1) is 12.4. The first-order valence-electron chi connectivity index (χ1n) is 6.46.